The molecule has 0 aliphatic carbocycles. The van der Waals surface area contributed by atoms with Gasteiger partial charge in [0, 0.05) is 23.2 Å². The topological polar surface area (TPSA) is 100 Å². The number of ether oxygens (including phenoxy) is 1. The lowest BCUT2D eigenvalue weighted by Gasteiger charge is -2.24. The van der Waals surface area contributed by atoms with Gasteiger partial charge in [-0.25, -0.2) is 0 Å². The van der Waals surface area contributed by atoms with Crippen LogP contribution in [-0.4, -0.2) is 35.4 Å². The normalized spacial score (nSPS) is 12.5. The number of oxime groups is 1. The number of nitrogens with zero attached hydrogens (tertiary/aromatic N) is 1. The van der Waals surface area contributed by atoms with E-state index in [4.69, 9.17) is 15.7 Å². The molecule has 0 saturated heterocycles. The van der Waals surface area contributed by atoms with Gasteiger partial charge in [0.2, 0.25) is 0 Å². The van der Waals surface area contributed by atoms with Gasteiger partial charge in [0.25, 0.3) is 0 Å². The summed E-state index contributed by atoms with van der Waals surface area (Å²) in [7, 11) is 1.58. The van der Waals surface area contributed by atoms with Crippen molar-refractivity contribution in [2.45, 2.75) is 25.9 Å². The van der Waals surface area contributed by atoms with Crippen LogP contribution in [0.15, 0.2) is 23.4 Å². The predicted molar refractivity (Wildman–Crippen MR) is 73.5 cm³/mol. The molecule has 106 valence electrons. The summed E-state index contributed by atoms with van der Waals surface area (Å²) in [6, 6.07) is 5.26. The van der Waals surface area contributed by atoms with E-state index in [2.05, 4.69) is 10.5 Å². The van der Waals surface area contributed by atoms with E-state index < -0.39 is 5.54 Å². The Hall–Kier alpha value is -1.79. The molecule has 1 rings (SSSR count). The minimum atomic E-state index is -0.391. The van der Waals surface area contributed by atoms with Crippen molar-refractivity contribution in [3.63, 3.8) is 0 Å². The number of rotatable bonds is 6. The molecule has 0 fully saturated rings. The summed E-state index contributed by atoms with van der Waals surface area (Å²) in [6.07, 6.45) is 0. The summed E-state index contributed by atoms with van der Waals surface area (Å²) in [4.78, 5) is 0. The number of hydrogen-bond donors (Lipinski definition) is 4. The summed E-state index contributed by atoms with van der Waals surface area (Å²) in [6.45, 7) is 4.32. The third-order valence-electron chi connectivity index (χ3n) is 2.84. The summed E-state index contributed by atoms with van der Waals surface area (Å²) < 4.78 is 5.27. The van der Waals surface area contributed by atoms with Crippen molar-refractivity contribution in [3.8, 4) is 5.75 Å². The first-order valence-corrected chi connectivity index (χ1v) is 5.94. The Morgan fingerprint density at radius 2 is 2.16 bits per heavy atom. The minimum absolute atomic E-state index is 0.0231. The quantitative estimate of drug-likeness (QED) is 0.262. The monoisotopic (exact) mass is 267 g/mol. The van der Waals surface area contributed by atoms with Gasteiger partial charge < -0.3 is 26.1 Å². The number of nitrogens with one attached hydrogen (secondary N) is 1. The van der Waals surface area contributed by atoms with Crippen molar-refractivity contribution in [1.82, 2.24) is 5.32 Å². The van der Waals surface area contributed by atoms with Crippen LogP contribution in [0.2, 0.25) is 0 Å². The molecule has 0 bridgehead atoms. The summed E-state index contributed by atoms with van der Waals surface area (Å²) in [5, 5.41) is 24.1. The molecular weight excluding hydrogens is 246 g/mol. The van der Waals surface area contributed by atoms with Crippen molar-refractivity contribution in [3.05, 3.63) is 29.3 Å². The summed E-state index contributed by atoms with van der Waals surface area (Å²) in [5.41, 5.74) is 6.65. The van der Waals surface area contributed by atoms with Crippen LogP contribution in [0.3, 0.4) is 0 Å². The van der Waals surface area contributed by atoms with E-state index in [-0.39, 0.29) is 12.4 Å². The fraction of sp³-hybridized carbons (Fsp3) is 0.462. The van der Waals surface area contributed by atoms with Crippen molar-refractivity contribution >= 4 is 5.84 Å². The number of methoxy groups -OCH3 is 1. The lowest BCUT2D eigenvalue weighted by Crippen LogP contribution is -2.42. The van der Waals surface area contributed by atoms with E-state index in [1.807, 2.05) is 13.8 Å². The van der Waals surface area contributed by atoms with Crippen LogP contribution in [0.4, 0.5) is 0 Å². The van der Waals surface area contributed by atoms with Crippen LogP contribution in [0.1, 0.15) is 25.0 Å². The van der Waals surface area contributed by atoms with E-state index in [9.17, 15) is 5.11 Å². The van der Waals surface area contributed by atoms with Crippen LogP contribution in [0, 0.1) is 0 Å². The van der Waals surface area contributed by atoms with Crippen molar-refractivity contribution in [2.24, 2.45) is 10.9 Å². The SMILES string of the molecule is COc1ccc(/C(N)=N/O)cc1CNC(C)(C)CO. The largest absolute Gasteiger partial charge is 0.496 e. The maximum absolute atomic E-state index is 9.21. The van der Waals surface area contributed by atoms with Crippen molar-refractivity contribution in [2.75, 3.05) is 13.7 Å². The van der Waals surface area contributed by atoms with E-state index >= 15 is 0 Å². The smallest absolute Gasteiger partial charge is 0.170 e. The maximum Gasteiger partial charge on any atom is 0.170 e. The molecule has 0 radical (unpaired) electrons. The Balaban J connectivity index is 2.97. The fourth-order valence-electron chi connectivity index (χ4n) is 1.52. The molecule has 0 heterocycles. The minimum Gasteiger partial charge on any atom is -0.496 e. The Labute approximate surface area is 112 Å². The first-order chi connectivity index (χ1) is 8.93. The average Bonchev–Trinajstić information content (AvgIpc) is 2.44. The molecule has 5 N–H and O–H groups in total. The zero-order chi connectivity index (χ0) is 14.5. The highest BCUT2D eigenvalue weighted by Gasteiger charge is 2.16. The standard InChI is InChI=1S/C13H21N3O3/c1-13(2,8-17)15-7-10-6-9(12(14)16-18)4-5-11(10)19-3/h4-6,15,17-18H,7-8H2,1-3H3,(H2,14,16). The van der Waals surface area contributed by atoms with Crippen LogP contribution >= 0.6 is 0 Å². The van der Waals surface area contributed by atoms with E-state index in [0.717, 1.165) is 5.56 Å². The molecule has 1 aromatic rings. The van der Waals surface area contributed by atoms with Crippen LogP contribution in [0.5, 0.6) is 5.75 Å². The second kappa shape index (κ2) is 6.40. The third-order valence-corrected chi connectivity index (χ3v) is 2.84. The van der Waals surface area contributed by atoms with E-state index in [0.29, 0.717) is 17.9 Å². The maximum atomic E-state index is 9.21. The van der Waals surface area contributed by atoms with Gasteiger partial charge in [-0.1, -0.05) is 5.16 Å². The van der Waals surface area contributed by atoms with E-state index in [1.54, 1.807) is 25.3 Å². The second-order valence-corrected chi connectivity index (χ2v) is 4.91. The highest BCUT2D eigenvalue weighted by molar-refractivity contribution is 5.97. The number of nitrogens with two attached hydrogens (primary N) is 1. The molecule has 0 spiro atoms. The fourth-order valence-corrected chi connectivity index (χ4v) is 1.52. The van der Waals surface area contributed by atoms with Gasteiger partial charge in [-0.2, -0.15) is 0 Å². The zero-order valence-corrected chi connectivity index (χ0v) is 11.5. The third kappa shape index (κ3) is 4.11. The molecule has 1 aromatic carbocycles. The molecular formula is C13H21N3O3. The highest BCUT2D eigenvalue weighted by Crippen LogP contribution is 2.20. The number of amidine groups is 1. The Kier molecular flexibility index (Phi) is 5.14. The van der Waals surface area contributed by atoms with Gasteiger partial charge in [-0.15, -0.1) is 0 Å². The van der Waals surface area contributed by atoms with Gasteiger partial charge in [-0.3, -0.25) is 0 Å². The molecule has 0 amide bonds. The van der Waals surface area contributed by atoms with Crippen molar-refractivity contribution in [1.29, 1.82) is 0 Å². The Morgan fingerprint density at radius 1 is 1.47 bits per heavy atom. The van der Waals surface area contributed by atoms with Crippen LogP contribution < -0.4 is 15.8 Å². The van der Waals surface area contributed by atoms with Gasteiger partial charge in [0.15, 0.2) is 5.84 Å². The van der Waals surface area contributed by atoms with Crippen LogP contribution in [-0.2, 0) is 6.54 Å². The van der Waals surface area contributed by atoms with Gasteiger partial charge >= 0.3 is 0 Å². The zero-order valence-electron chi connectivity index (χ0n) is 11.5. The molecule has 6 nitrogen and oxygen atoms in total. The molecule has 6 heteroatoms. The molecule has 0 atom stereocenters. The predicted octanol–water partition coefficient (Wildman–Crippen LogP) is 0.650. The molecule has 19 heavy (non-hydrogen) atoms. The number of hydrogen-bond acceptors (Lipinski definition) is 5. The highest BCUT2D eigenvalue weighted by atomic mass is 16.5. The first-order valence-electron chi connectivity index (χ1n) is 5.94. The number of aliphatic hydroxyl groups is 1. The lowest BCUT2D eigenvalue weighted by molar-refractivity contribution is 0.187. The molecule has 0 aliphatic rings. The van der Waals surface area contributed by atoms with Gasteiger partial charge in [-0.05, 0) is 32.0 Å². The van der Waals surface area contributed by atoms with Crippen molar-refractivity contribution < 1.29 is 15.1 Å². The summed E-state index contributed by atoms with van der Waals surface area (Å²) >= 11 is 0. The lowest BCUT2D eigenvalue weighted by atomic mass is 10.0. The first kappa shape index (κ1) is 15.3. The van der Waals surface area contributed by atoms with Gasteiger partial charge in [0.1, 0.15) is 5.75 Å². The molecule has 0 unspecified atom stereocenters. The van der Waals surface area contributed by atoms with Gasteiger partial charge in [0.05, 0.1) is 13.7 Å². The Morgan fingerprint density at radius 3 is 2.68 bits per heavy atom. The average molecular weight is 267 g/mol. The molecule has 0 saturated carbocycles. The molecule has 0 aromatic heterocycles. The number of aliphatic hydroxyl groups excluding tert-OH is 1. The second-order valence-electron chi connectivity index (χ2n) is 4.91. The molecule has 0 aliphatic heterocycles. The number of benzene rings is 1. The van der Waals surface area contributed by atoms with E-state index in [1.165, 1.54) is 0 Å². The Bertz CT molecular complexity index is 458. The summed E-state index contributed by atoms with van der Waals surface area (Å²) in [5.74, 6) is 0.751. The van der Waals surface area contributed by atoms with Crippen LogP contribution in [0.25, 0.3) is 0 Å².